The highest BCUT2D eigenvalue weighted by Gasteiger charge is 2.41. The molecule has 3 rings (SSSR count). The molecule has 4 nitrogen and oxygen atoms in total. The zero-order valence-corrected chi connectivity index (χ0v) is 13.6. The van der Waals surface area contributed by atoms with Crippen LogP contribution in [-0.4, -0.2) is 33.1 Å². The van der Waals surface area contributed by atoms with E-state index < -0.39 is 0 Å². The van der Waals surface area contributed by atoms with Crippen molar-refractivity contribution in [2.24, 2.45) is 17.6 Å². The number of nitrogens with zero attached hydrogens (tertiary/aromatic N) is 3. The zero-order chi connectivity index (χ0) is 14.9. The molecule has 2 unspecified atom stereocenters. The van der Waals surface area contributed by atoms with E-state index in [1.165, 1.54) is 37.9 Å². The van der Waals surface area contributed by atoms with Gasteiger partial charge in [0.25, 0.3) is 0 Å². The summed E-state index contributed by atoms with van der Waals surface area (Å²) in [7, 11) is 0. The van der Waals surface area contributed by atoms with Gasteiger partial charge in [-0.05, 0) is 31.1 Å². The fourth-order valence-corrected chi connectivity index (χ4v) is 4.51. The summed E-state index contributed by atoms with van der Waals surface area (Å²) >= 11 is 0. The lowest BCUT2D eigenvalue weighted by Crippen LogP contribution is -2.58. The Labute approximate surface area is 128 Å². The lowest BCUT2D eigenvalue weighted by Gasteiger charge is -2.49. The maximum Gasteiger partial charge on any atom is 0.122 e. The summed E-state index contributed by atoms with van der Waals surface area (Å²) in [6.45, 7) is 8.63. The monoisotopic (exact) mass is 290 g/mol. The van der Waals surface area contributed by atoms with Gasteiger partial charge in [-0.1, -0.05) is 26.7 Å². The number of rotatable bonds is 4. The minimum absolute atomic E-state index is 0.217. The van der Waals surface area contributed by atoms with Crippen molar-refractivity contribution in [3.8, 4) is 0 Å². The van der Waals surface area contributed by atoms with E-state index in [0.29, 0.717) is 0 Å². The molecule has 0 radical (unpaired) electrons. The lowest BCUT2D eigenvalue weighted by molar-refractivity contribution is 0.0105. The molecule has 1 aromatic heterocycles. The molecule has 0 spiro atoms. The maximum atomic E-state index is 6.29. The molecule has 0 bridgehead atoms. The van der Waals surface area contributed by atoms with Crippen LogP contribution in [0.1, 0.15) is 51.8 Å². The van der Waals surface area contributed by atoms with Crippen LogP contribution in [0.4, 0.5) is 0 Å². The van der Waals surface area contributed by atoms with E-state index in [9.17, 15) is 0 Å². The van der Waals surface area contributed by atoms with E-state index in [2.05, 4.69) is 34.5 Å². The number of nitrogens with two attached hydrogens (primary N) is 1. The van der Waals surface area contributed by atoms with Gasteiger partial charge in [0.05, 0.1) is 6.54 Å². The summed E-state index contributed by atoms with van der Waals surface area (Å²) in [6.07, 6.45) is 10.6. The first-order chi connectivity index (χ1) is 10.1. The van der Waals surface area contributed by atoms with Gasteiger partial charge in [0.2, 0.25) is 0 Å². The first-order valence-corrected chi connectivity index (χ1v) is 8.58. The van der Waals surface area contributed by atoms with Crippen LogP contribution in [0.25, 0.3) is 0 Å². The zero-order valence-electron chi connectivity index (χ0n) is 13.6. The molecule has 1 fully saturated rings. The average molecular weight is 290 g/mol. The van der Waals surface area contributed by atoms with E-state index in [1.54, 1.807) is 0 Å². The van der Waals surface area contributed by atoms with Crippen molar-refractivity contribution < 1.29 is 0 Å². The van der Waals surface area contributed by atoms with Crippen LogP contribution in [0.15, 0.2) is 12.4 Å². The number of imidazole rings is 1. The summed E-state index contributed by atoms with van der Waals surface area (Å²) < 4.78 is 2.29. The third kappa shape index (κ3) is 3.02. The Hall–Kier alpha value is -0.870. The predicted octanol–water partition coefficient (Wildman–Crippen LogP) is 2.63. The van der Waals surface area contributed by atoms with Gasteiger partial charge in [-0.2, -0.15) is 0 Å². The molecule has 0 aromatic carbocycles. The van der Waals surface area contributed by atoms with Gasteiger partial charge in [0, 0.05) is 37.6 Å². The third-order valence-corrected chi connectivity index (χ3v) is 5.52. The third-order valence-electron chi connectivity index (χ3n) is 5.52. The van der Waals surface area contributed by atoms with Gasteiger partial charge >= 0.3 is 0 Å². The van der Waals surface area contributed by atoms with Gasteiger partial charge in [0.1, 0.15) is 5.82 Å². The highest BCUT2D eigenvalue weighted by Crippen LogP contribution is 2.40. The van der Waals surface area contributed by atoms with Crippen molar-refractivity contribution in [1.29, 1.82) is 0 Å². The first kappa shape index (κ1) is 15.0. The fourth-order valence-electron chi connectivity index (χ4n) is 4.51. The van der Waals surface area contributed by atoms with Crippen molar-refractivity contribution >= 4 is 0 Å². The normalized spacial score (nSPS) is 30.6. The van der Waals surface area contributed by atoms with Crippen molar-refractivity contribution in [2.75, 3.05) is 13.1 Å². The highest BCUT2D eigenvalue weighted by molar-refractivity contribution is 5.03. The molecule has 1 aromatic rings. The van der Waals surface area contributed by atoms with Crippen molar-refractivity contribution in [3.05, 3.63) is 18.2 Å². The van der Waals surface area contributed by atoms with Crippen LogP contribution in [0.3, 0.4) is 0 Å². The van der Waals surface area contributed by atoms with Crippen LogP contribution < -0.4 is 5.73 Å². The molecular weight excluding hydrogens is 260 g/mol. The molecule has 2 N–H and O–H groups in total. The lowest BCUT2D eigenvalue weighted by atomic mass is 9.72. The van der Waals surface area contributed by atoms with Gasteiger partial charge in [0.15, 0.2) is 0 Å². The van der Waals surface area contributed by atoms with Gasteiger partial charge in [-0.25, -0.2) is 4.98 Å². The van der Waals surface area contributed by atoms with E-state index in [-0.39, 0.29) is 5.54 Å². The number of aromatic nitrogens is 2. The first-order valence-electron chi connectivity index (χ1n) is 8.58. The van der Waals surface area contributed by atoms with Crippen LogP contribution in [-0.2, 0) is 13.1 Å². The molecule has 0 saturated heterocycles. The molecule has 21 heavy (non-hydrogen) atoms. The molecule has 0 amide bonds. The van der Waals surface area contributed by atoms with Gasteiger partial charge in [-0.15, -0.1) is 0 Å². The summed E-state index contributed by atoms with van der Waals surface area (Å²) in [5.41, 5.74) is 6.51. The van der Waals surface area contributed by atoms with Gasteiger partial charge in [-0.3, -0.25) is 4.90 Å². The largest absolute Gasteiger partial charge is 0.333 e. The van der Waals surface area contributed by atoms with Crippen molar-refractivity contribution in [1.82, 2.24) is 14.5 Å². The minimum atomic E-state index is 0.217. The van der Waals surface area contributed by atoms with E-state index in [0.717, 1.165) is 38.0 Å². The molecule has 1 aliphatic heterocycles. The SMILES string of the molecule is CC(C)CC1CCCC(CN)(N2CCn3ccnc3C2)C1. The molecule has 1 saturated carbocycles. The van der Waals surface area contributed by atoms with E-state index in [1.807, 2.05) is 6.20 Å². The Morgan fingerprint density at radius 1 is 1.43 bits per heavy atom. The Bertz CT molecular complexity index is 467. The van der Waals surface area contributed by atoms with Crippen LogP contribution in [0.2, 0.25) is 0 Å². The average Bonchev–Trinajstić information content (AvgIpc) is 2.94. The van der Waals surface area contributed by atoms with Crippen LogP contribution in [0.5, 0.6) is 0 Å². The highest BCUT2D eigenvalue weighted by atomic mass is 15.3. The summed E-state index contributed by atoms with van der Waals surface area (Å²) in [6, 6.07) is 0. The topological polar surface area (TPSA) is 47.1 Å². The number of hydrogen-bond acceptors (Lipinski definition) is 3. The summed E-state index contributed by atoms with van der Waals surface area (Å²) in [5, 5.41) is 0. The smallest absolute Gasteiger partial charge is 0.122 e. The van der Waals surface area contributed by atoms with Gasteiger partial charge < -0.3 is 10.3 Å². The van der Waals surface area contributed by atoms with E-state index >= 15 is 0 Å². The molecule has 2 heterocycles. The quantitative estimate of drug-likeness (QED) is 0.927. The molecular formula is C17H30N4. The molecule has 2 aliphatic rings. The summed E-state index contributed by atoms with van der Waals surface area (Å²) in [4.78, 5) is 7.16. The predicted molar refractivity (Wildman–Crippen MR) is 85.8 cm³/mol. The minimum Gasteiger partial charge on any atom is -0.333 e. The van der Waals surface area contributed by atoms with Crippen molar-refractivity contribution in [2.45, 2.75) is 64.6 Å². The molecule has 1 aliphatic carbocycles. The molecule has 4 heteroatoms. The van der Waals surface area contributed by atoms with Crippen LogP contribution >= 0.6 is 0 Å². The Morgan fingerprint density at radius 3 is 3.05 bits per heavy atom. The van der Waals surface area contributed by atoms with Crippen LogP contribution in [0, 0.1) is 11.8 Å². The Kier molecular flexibility index (Phi) is 4.36. The summed E-state index contributed by atoms with van der Waals surface area (Å²) in [5.74, 6) is 2.85. The second-order valence-corrected chi connectivity index (χ2v) is 7.48. The number of hydrogen-bond donors (Lipinski definition) is 1. The fraction of sp³-hybridized carbons (Fsp3) is 0.824. The number of fused-ring (bicyclic) bond motifs is 1. The Morgan fingerprint density at radius 2 is 2.29 bits per heavy atom. The molecule has 118 valence electrons. The standard InChI is InChI=1S/C17H30N4/c1-14(2)10-15-4-3-5-17(11-15,13-18)21-9-8-20-7-6-19-16(20)12-21/h6-7,14-15H,3-5,8-13,18H2,1-2H3. The van der Waals surface area contributed by atoms with Crippen molar-refractivity contribution in [3.63, 3.8) is 0 Å². The molecule has 2 atom stereocenters. The second kappa shape index (κ2) is 6.09. The van der Waals surface area contributed by atoms with E-state index in [4.69, 9.17) is 5.73 Å². The second-order valence-electron chi connectivity index (χ2n) is 7.48. The maximum absolute atomic E-state index is 6.29. The Balaban J connectivity index is 1.74.